The van der Waals surface area contributed by atoms with Gasteiger partial charge in [0.15, 0.2) is 5.60 Å². The molecule has 0 aromatic carbocycles. The molecule has 4 nitrogen and oxygen atoms in total. The molecule has 0 aromatic rings. The molecule has 0 radical (unpaired) electrons. The maximum atomic E-state index is 12.3. The van der Waals surface area contributed by atoms with E-state index in [1.165, 1.54) is 6.08 Å². The second kappa shape index (κ2) is 3.31. The van der Waals surface area contributed by atoms with Crippen molar-refractivity contribution in [3.63, 3.8) is 0 Å². The average Bonchev–Trinajstić information content (AvgIpc) is 2.26. The molecule has 0 fully saturated rings. The summed E-state index contributed by atoms with van der Waals surface area (Å²) in [6.07, 6.45) is 1.41. The van der Waals surface area contributed by atoms with Crippen LogP contribution >= 0.6 is 0 Å². The Bertz CT molecular complexity index is 354. The molecule has 0 amide bonds. The Morgan fingerprint density at radius 3 is 2.12 bits per heavy atom. The first-order chi connectivity index (χ1) is 6.99. The molecule has 0 bridgehead atoms. The molecule has 1 heterocycles. The Balaban J connectivity index is 3.47. The second-order valence-electron chi connectivity index (χ2n) is 5.61. The zero-order valence-corrected chi connectivity index (χ0v) is 11.0. The largest absolute Gasteiger partial charge is 0.622 e. The van der Waals surface area contributed by atoms with Crippen LogP contribution in [0.5, 0.6) is 0 Å². The van der Waals surface area contributed by atoms with Crippen LogP contribution in [0.1, 0.15) is 34.6 Å². The van der Waals surface area contributed by atoms with Gasteiger partial charge in [-0.3, -0.25) is 0 Å². The molecule has 1 aliphatic heterocycles. The smallest absolute Gasteiger partial charge is 0.224 e. The predicted octanol–water partition coefficient (Wildman–Crippen LogP) is 1.33. The molecule has 4 heteroatoms. The van der Waals surface area contributed by atoms with E-state index in [9.17, 15) is 10.3 Å². The lowest BCUT2D eigenvalue weighted by Gasteiger charge is -2.33. The van der Waals surface area contributed by atoms with Crippen molar-refractivity contribution in [2.45, 2.75) is 51.4 Å². The lowest BCUT2D eigenvalue weighted by molar-refractivity contribution is -0.559. The van der Waals surface area contributed by atoms with Gasteiger partial charge in [-0.1, -0.05) is 12.7 Å². The SMILES string of the molecule is C=CC(C)(O)C1=[N+]([O-])C(C)(C)N(C)C1(C)C. The van der Waals surface area contributed by atoms with Gasteiger partial charge in [-0.25, -0.2) is 4.90 Å². The summed E-state index contributed by atoms with van der Waals surface area (Å²) in [7, 11) is 1.89. The van der Waals surface area contributed by atoms with E-state index in [1.54, 1.807) is 6.92 Å². The van der Waals surface area contributed by atoms with Crippen molar-refractivity contribution >= 4 is 5.71 Å². The monoisotopic (exact) mass is 226 g/mol. The molecule has 1 unspecified atom stereocenters. The van der Waals surface area contributed by atoms with Crippen molar-refractivity contribution in [2.75, 3.05) is 7.05 Å². The van der Waals surface area contributed by atoms with Crippen LogP contribution in [0.25, 0.3) is 0 Å². The Morgan fingerprint density at radius 2 is 1.88 bits per heavy atom. The van der Waals surface area contributed by atoms with Crippen molar-refractivity contribution in [3.8, 4) is 0 Å². The van der Waals surface area contributed by atoms with E-state index in [2.05, 4.69) is 6.58 Å². The van der Waals surface area contributed by atoms with Gasteiger partial charge >= 0.3 is 0 Å². The highest BCUT2D eigenvalue weighted by atomic mass is 16.5. The van der Waals surface area contributed by atoms with Gasteiger partial charge in [0.1, 0.15) is 5.54 Å². The topological polar surface area (TPSA) is 49.5 Å². The van der Waals surface area contributed by atoms with Gasteiger partial charge in [0, 0.05) is 13.8 Å². The summed E-state index contributed by atoms with van der Waals surface area (Å²) >= 11 is 0. The summed E-state index contributed by atoms with van der Waals surface area (Å²) in [5.74, 6) is 0. The number of hydrogen-bond acceptors (Lipinski definition) is 3. The van der Waals surface area contributed by atoms with Crippen LogP contribution in [-0.4, -0.2) is 44.3 Å². The molecule has 92 valence electrons. The molecule has 1 rings (SSSR count). The fourth-order valence-electron chi connectivity index (χ4n) is 2.42. The molecule has 1 atom stereocenters. The van der Waals surface area contributed by atoms with Crippen LogP contribution in [-0.2, 0) is 0 Å². The summed E-state index contributed by atoms with van der Waals surface area (Å²) in [6.45, 7) is 12.7. The van der Waals surface area contributed by atoms with Crippen molar-refractivity contribution in [3.05, 3.63) is 17.9 Å². The molecule has 0 spiro atoms. The molecular formula is C12H22N2O2. The molecule has 0 aromatic heterocycles. The van der Waals surface area contributed by atoms with Crippen LogP contribution in [0, 0.1) is 5.21 Å². The number of hydrogen-bond donors (Lipinski definition) is 1. The van der Waals surface area contributed by atoms with E-state index in [0.29, 0.717) is 5.71 Å². The Hall–Kier alpha value is -0.870. The summed E-state index contributed by atoms with van der Waals surface area (Å²) < 4.78 is 0.898. The van der Waals surface area contributed by atoms with Gasteiger partial charge in [-0.05, 0) is 27.8 Å². The average molecular weight is 226 g/mol. The van der Waals surface area contributed by atoms with Crippen molar-refractivity contribution in [1.82, 2.24) is 4.90 Å². The first-order valence-electron chi connectivity index (χ1n) is 5.44. The van der Waals surface area contributed by atoms with Gasteiger partial charge < -0.3 is 10.3 Å². The van der Waals surface area contributed by atoms with Crippen LogP contribution in [0.2, 0.25) is 0 Å². The van der Waals surface area contributed by atoms with E-state index in [-0.39, 0.29) is 0 Å². The highest BCUT2D eigenvalue weighted by molar-refractivity contribution is 5.98. The molecule has 0 saturated heterocycles. The highest BCUT2D eigenvalue weighted by Gasteiger charge is 2.58. The molecule has 16 heavy (non-hydrogen) atoms. The third kappa shape index (κ3) is 1.48. The summed E-state index contributed by atoms with van der Waals surface area (Å²) in [5, 5.41) is 22.5. The van der Waals surface area contributed by atoms with Gasteiger partial charge in [-0.15, -0.1) is 0 Å². The lowest BCUT2D eigenvalue weighted by Crippen LogP contribution is -2.54. The normalized spacial score (nSPS) is 27.9. The van der Waals surface area contributed by atoms with E-state index in [1.807, 2.05) is 39.6 Å². The predicted molar refractivity (Wildman–Crippen MR) is 65.4 cm³/mol. The number of aliphatic hydroxyl groups is 1. The van der Waals surface area contributed by atoms with Crippen molar-refractivity contribution in [1.29, 1.82) is 0 Å². The standard InChI is InChI=1S/C12H22N2O2/c1-8-12(6,15)9-10(2,3)13(7)11(4,5)14(9)16/h8,15H,1H2,2-7H3. The van der Waals surface area contributed by atoms with E-state index in [4.69, 9.17) is 0 Å². The third-order valence-corrected chi connectivity index (χ3v) is 3.82. The molecular weight excluding hydrogens is 204 g/mol. The van der Waals surface area contributed by atoms with Gasteiger partial charge in [0.05, 0.1) is 0 Å². The first-order valence-corrected chi connectivity index (χ1v) is 5.44. The molecule has 1 aliphatic rings. The maximum Gasteiger partial charge on any atom is 0.224 e. The first kappa shape index (κ1) is 13.2. The number of nitrogens with zero attached hydrogens (tertiary/aromatic N) is 2. The quantitative estimate of drug-likeness (QED) is 0.439. The van der Waals surface area contributed by atoms with Crippen LogP contribution in [0.15, 0.2) is 12.7 Å². The summed E-state index contributed by atoms with van der Waals surface area (Å²) in [6, 6.07) is 0. The maximum absolute atomic E-state index is 12.3. The highest BCUT2D eigenvalue weighted by Crippen LogP contribution is 2.36. The Labute approximate surface area is 97.5 Å². The molecule has 1 N–H and O–H groups in total. The fraction of sp³-hybridized carbons (Fsp3) is 0.750. The fourth-order valence-corrected chi connectivity index (χ4v) is 2.42. The van der Waals surface area contributed by atoms with Crippen molar-refractivity contribution in [2.24, 2.45) is 0 Å². The van der Waals surface area contributed by atoms with Gasteiger partial charge in [-0.2, -0.15) is 4.74 Å². The minimum Gasteiger partial charge on any atom is -0.622 e. The minimum absolute atomic E-state index is 0.433. The van der Waals surface area contributed by atoms with Gasteiger partial charge in [0.25, 0.3) is 0 Å². The molecule has 0 saturated carbocycles. The summed E-state index contributed by atoms with van der Waals surface area (Å²) in [4.78, 5) is 1.96. The van der Waals surface area contributed by atoms with Crippen LogP contribution < -0.4 is 0 Å². The second-order valence-corrected chi connectivity index (χ2v) is 5.61. The minimum atomic E-state index is -1.28. The van der Waals surface area contributed by atoms with Crippen molar-refractivity contribution < 1.29 is 9.85 Å². The zero-order chi connectivity index (χ0) is 12.9. The lowest BCUT2D eigenvalue weighted by atomic mass is 9.85. The number of hydroxylamine groups is 1. The van der Waals surface area contributed by atoms with E-state index >= 15 is 0 Å². The Kier molecular flexibility index (Phi) is 2.73. The number of rotatable bonds is 2. The zero-order valence-electron chi connectivity index (χ0n) is 11.0. The van der Waals surface area contributed by atoms with E-state index < -0.39 is 16.8 Å². The Morgan fingerprint density at radius 1 is 1.44 bits per heavy atom. The summed E-state index contributed by atoms with van der Waals surface area (Å²) in [5.41, 5.74) is -2.01. The third-order valence-electron chi connectivity index (χ3n) is 3.82. The van der Waals surface area contributed by atoms with Crippen LogP contribution in [0.3, 0.4) is 0 Å². The molecule has 0 aliphatic carbocycles. The van der Waals surface area contributed by atoms with Crippen LogP contribution in [0.4, 0.5) is 0 Å². The van der Waals surface area contributed by atoms with Gasteiger partial charge in [0.2, 0.25) is 11.4 Å². The van der Waals surface area contributed by atoms with E-state index in [0.717, 1.165) is 4.74 Å².